The largest absolute Gasteiger partial charge is 0.494 e. The molecule has 0 atom stereocenters. The highest BCUT2D eigenvalue weighted by atomic mass is 35.5. The predicted octanol–water partition coefficient (Wildman–Crippen LogP) is 7.31. The average molecular weight is 405 g/mol. The topological polar surface area (TPSA) is 27.1 Å². The lowest BCUT2D eigenvalue weighted by Crippen LogP contribution is -1.99. The summed E-state index contributed by atoms with van der Waals surface area (Å²) in [6.45, 7) is 2.96. The molecular formula is C25H25ClN2O. The van der Waals surface area contributed by atoms with Gasteiger partial charge in [-0.2, -0.15) is 0 Å². The molecule has 4 rings (SSSR count). The van der Waals surface area contributed by atoms with Crippen molar-refractivity contribution in [1.29, 1.82) is 0 Å². The molecule has 0 saturated carbocycles. The van der Waals surface area contributed by atoms with Gasteiger partial charge in [-0.1, -0.05) is 68.1 Å². The number of ether oxygens (including phenoxy) is 1. The minimum Gasteiger partial charge on any atom is -0.494 e. The second kappa shape index (κ2) is 9.15. The van der Waals surface area contributed by atoms with E-state index in [0.717, 1.165) is 51.9 Å². The first kappa shape index (κ1) is 19.5. The van der Waals surface area contributed by atoms with Gasteiger partial charge in [0.25, 0.3) is 0 Å². The van der Waals surface area contributed by atoms with Crippen LogP contribution in [0.5, 0.6) is 5.75 Å². The SMILES string of the molecule is CCCCCCOc1ccc2nc(-c3ccccc3)n(-c3ccc(Cl)cc3)c2c1. The van der Waals surface area contributed by atoms with Crippen molar-refractivity contribution in [2.75, 3.05) is 6.61 Å². The molecule has 3 aromatic carbocycles. The molecule has 3 nitrogen and oxygen atoms in total. The van der Waals surface area contributed by atoms with E-state index in [2.05, 4.69) is 29.7 Å². The molecule has 0 aliphatic rings. The van der Waals surface area contributed by atoms with Crippen LogP contribution in [0.15, 0.2) is 72.8 Å². The standard InChI is InChI=1S/C25H25ClN2O/c1-2-3-4-8-17-29-22-15-16-23-24(18-22)28(21-13-11-20(26)12-14-21)25(27-23)19-9-6-5-7-10-19/h5-7,9-16,18H,2-4,8,17H2,1H3. The quantitative estimate of drug-likeness (QED) is 0.288. The zero-order valence-electron chi connectivity index (χ0n) is 16.6. The number of fused-ring (bicyclic) bond motifs is 1. The first-order chi connectivity index (χ1) is 14.3. The predicted molar refractivity (Wildman–Crippen MR) is 121 cm³/mol. The molecule has 1 heterocycles. The highest BCUT2D eigenvalue weighted by Gasteiger charge is 2.15. The van der Waals surface area contributed by atoms with Crippen LogP contribution >= 0.6 is 11.6 Å². The molecule has 29 heavy (non-hydrogen) atoms. The van der Waals surface area contributed by atoms with Crippen LogP contribution in [0.4, 0.5) is 0 Å². The highest BCUT2D eigenvalue weighted by Crippen LogP contribution is 2.31. The zero-order valence-corrected chi connectivity index (χ0v) is 17.4. The van der Waals surface area contributed by atoms with Crippen molar-refractivity contribution >= 4 is 22.6 Å². The van der Waals surface area contributed by atoms with E-state index in [-0.39, 0.29) is 0 Å². The third kappa shape index (κ3) is 4.46. The fourth-order valence-electron chi connectivity index (χ4n) is 3.50. The number of unbranched alkanes of at least 4 members (excludes halogenated alkanes) is 3. The van der Waals surface area contributed by atoms with E-state index in [9.17, 15) is 0 Å². The maximum Gasteiger partial charge on any atom is 0.145 e. The van der Waals surface area contributed by atoms with Crippen LogP contribution in [0.25, 0.3) is 28.1 Å². The summed E-state index contributed by atoms with van der Waals surface area (Å²) in [7, 11) is 0. The van der Waals surface area contributed by atoms with Crippen molar-refractivity contribution in [1.82, 2.24) is 9.55 Å². The monoisotopic (exact) mass is 404 g/mol. The molecule has 0 radical (unpaired) electrons. The Labute approximate surface area is 176 Å². The summed E-state index contributed by atoms with van der Waals surface area (Å²) in [6, 6.07) is 24.2. The molecule has 4 heteroatoms. The summed E-state index contributed by atoms with van der Waals surface area (Å²) in [5.74, 6) is 1.78. The van der Waals surface area contributed by atoms with Gasteiger partial charge in [-0.15, -0.1) is 0 Å². The molecule has 0 aliphatic heterocycles. The molecule has 0 spiro atoms. The second-order valence-electron chi connectivity index (χ2n) is 7.17. The molecule has 0 unspecified atom stereocenters. The first-order valence-corrected chi connectivity index (χ1v) is 10.6. The van der Waals surface area contributed by atoms with E-state index in [1.807, 2.05) is 54.6 Å². The van der Waals surface area contributed by atoms with Gasteiger partial charge >= 0.3 is 0 Å². The Morgan fingerprint density at radius 3 is 2.45 bits per heavy atom. The number of imidazole rings is 1. The van der Waals surface area contributed by atoms with Crippen LogP contribution in [0.1, 0.15) is 32.6 Å². The van der Waals surface area contributed by atoms with Crippen LogP contribution < -0.4 is 4.74 Å². The van der Waals surface area contributed by atoms with Gasteiger partial charge in [0.1, 0.15) is 11.6 Å². The average Bonchev–Trinajstić information content (AvgIpc) is 3.14. The highest BCUT2D eigenvalue weighted by molar-refractivity contribution is 6.30. The Bertz CT molecular complexity index is 1070. The number of aromatic nitrogens is 2. The minimum atomic E-state index is 0.718. The van der Waals surface area contributed by atoms with Gasteiger partial charge in [0, 0.05) is 22.3 Å². The molecule has 0 amide bonds. The smallest absolute Gasteiger partial charge is 0.145 e. The summed E-state index contributed by atoms with van der Waals surface area (Å²) >= 11 is 6.12. The molecule has 0 bridgehead atoms. The van der Waals surface area contributed by atoms with Gasteiger partial charge in [0.2, 0.25) is 0 Å². The maximum absolute atomic E-state index is 6.12. The van der Waals surface area contributed by atoms with Crippen LogP contribution in [0, 0.1) is 0 Å². The van der Waals surface area contributed by atoms with Crippen LogP contribution in [0.2, 0.25) is 5.02 Å². The molecule has 0 N–H and O–H groups in total. The van der Waals surface area contributed by atoms with Crippen LogP contribution in [-0.4, -0.2) is 16.2 Å². The van der Waals surface area contributed by atoms with Gasteiger partial charge in [-0.25, -0.2) is 4.98 Å². The van der Waals surface area contributed by atoms with E-state index in [1.165, 1.54) is 19.3 Å². The number of hydrogen-bond acceptors (Lipinski definition) is 2. The van der Waals surface area contributed by atoms with Gasteiger partial charge < -0.3 is 4.74 Å². The fourth-order valence-corrected chi connectivity index (χ4v) is 3.62. The van der Waals surface area contributed by atoms with E-state index in [4.69, 9.17) is 21.3 Å². The molecule has 4 aromatic rings. The van der Waals surface area contributed by atoms with E-state index >= 15 is 0 Å². The Balaban J connectivity index is 1.75. The molecule has 0 fully saturated rings. The van der Waals surface area contributed by atoms with Crippen molar-refractivity contribution in [3.8, 4) is 22.8 Å². The summed E-state index contributed by atoms with van der Waals surface area (Å²) in [5.41, 5.74) is 4.06. The van der Waals surface area contributed by atoms with Crippen molar-refractivity contribution < 1.29 is 4.74 Å². The van der Waals surface area contributed by atoms with Crippen molar-refractivity contribution in [2.45, 2.75) is 32.6 Å². The van der Waals surface area contributed by atoms with Crippen LogP contribution in [-0.2, 0) is 0 Å². The van der Waals surface area contributed by atoms with Gasteiger partial charge in [-0.3, -0.25) is 4.57 Å². The van der Waals surface area contributed by atoms with E-state index < -0.39 is 0 Å². The zero-order chi connectivity index (χ0) is 20.1. The van der Waals surface area contributed by atoms with Crippen molar-refractivity contribution in [3.05, 3.63) is 77.8 Å². The number of nitrogens with zero attached hydrogens (tertiary/aromatic N) is 2. The molecular weight excluding hydrogens is 380 g/mol. The lowest BCUT2D eigenvalue weighted by Gasteiger charge is -2.11. The minimum absolute atomic E-state index is 0.718. The van der Waals surface area contributed by atoms with Gasteiger partial charge in [0.15, 0.2) is 0 Å². The fraction of sp³-hybridized carbons (Fsp3) is 0.240. The number of halogens is 1. The van der Waals surface area contributed by atoms with Crippen molar-refractivity contribution in [3.63, 3.8) is 0 Å². The lowest BCUT2D eigenvalue weighted by molar-refractivity contribution is 0.305. The molecule has 1 aromatic heterocycles. The lowest BCUT2D eigenvalue weighted by atomic mass is 10.2. The number of benzene rings is 3. The summed E-state index contributed by atoms with van der Waals surface area (Å²) < 4.78 is 8.19. The second-order valence-corrected chi connectivity index (χ2v) is 7.61. The van der Waals surface area contributed by atoms with Crippen LogP contribution in [0.3, 0.4) is 0 Å². The number of rotatable bonds is 8. The summed E-state index contributed by atoms with van der Waals surface area (Å²) in [6.07, 6.45) is 4.78. The molecule has 148 valence electrons. The Morgan fingerprint density at radius 2 is 1.69 bits per heavy atom. The van der Waals surface area contributed by atoms with Crippen molar-refractivity contribution in [2.24, 2.45) is 0 Å². The third-order valence-corrected chi connectivity index (χ3v) is 5.26. The Morgan fingerprint density at radius 1 is 0.897 bits per heavy atom. The Hall–Kier alpha value is -2.78. The summed E-state index contributed by atoms with van der Waals surface area (Å²) in [5, 5.41) is 0.718. The van der Waals surface area contributed by atoms with E-state index in [0.29, 0.717) is 0 Å². The van der Waals surface area contributed by atoms with Gasteiger partial charge in [0.05, 0.1) is 17.6 Å². The van der Waals surface area contributed by atoms with E-state index in [1.54, 1.807) is 0 Å². The normalized spacial score (nSPS) is 11.1. The molecule has 0 saturated heterocycles. The number of hydrogen-bond donors (Lipinski definition) is 0. The Kier molecular flexibility index (Phi) is 6.16. The molecule has 0 aliphatic carbocycles. The van der Waals surface area contributed by atoms with Gasteiger partial charge in [-0.05, 0) is 42.8 Å². The first-order valence-electron chi connectivity index (χ1n) is 10.2. The maximum atomic E-state index is 6.12. The third-order valence-electron chi connectivity index (χ3n) is 5.01. The summed E-state index contributed by atoms with van der Waals surface area (Å²) in [4.78, 5) is 4.92.